The second kappa shape index (κ2) is 5.29. The molecule has 0 aliphatic carbocycles. The SMILES string of the molecule is CSCC(C)Nc1cc(Cl)ncn1. The van der Waals surface area contributed by atoms with Crippen molar-refractivity contribution in [3.63, 3.8) is 0 Å². The van der Waals surface area contributed by atoms with E-state index >= 15 is 0 Å². The lowest BCUT2D eigenvalue weighted by atomic mass is 10.4. The van der Waals surface area contributed by atoms with Crippen LogP contribution in [0.2, 0.25) is 5.15 Å². The highest BCUT2D eigenvalue weighted by Gasteiger charge is 2.01. The van der Waals surface area contributed by atoms with E-state index in [9.17, 15) is 0 Å². The van der Waals surface area contributed by atoms with Crippen LogP contribution in [0.4, 0.5) is 5.82 Å². The molecule has 1 aromatic rings. The third kappa shape index (κ3) is 3.83. The zero-order valence-corrected chi connectivity index (χ0v) is 9.19. The third-order valence-electron chi connectivity index (χ3n) is 1.44. The predicted molar refractivity (Wildman–Crippen MR) is 58.5 cm³/mol. The van der Waals surface area contributed by atoms with Crippen molar-refractivity contribution in [2.45, 2.75) is 13.0 Å². The van der Waals surface area contributed by atoms with E-state index in [0.717, 1.165) is 11.6 Å². The van der Waals surface area contributed by atoms with Gasteiger partial charge in [0.1, 0.15) is 17.3 Å². The van der Waals surface area contributed by atoms with Gasteiger partial charge in [0.25, 0.3) is 0 Å². The summed E-state index contributed by atoms with van der Waals surface area (Å²) in [4.78, 5) is 7.85. The van der Waals surface area contributed by atoms with Crippen LogP contribution in [-0.4, -0.2) is 28.0 Å². The molecule has 0 amide bonds. The van der Waals surface area contributed by atoms with Gasteiger partial charge in [-0.15, -0.1) is 0 Å². The maximum absolute atomic E-state index is 5.71. The second-order valence-corrected chi connectivity index (χ2v) is 4.02. The van der Waals surface area contributed by atoms with Gasteiger partial charge < -0.3 is 5.32 Å². The first kappa shape index (κ1) is 10.6. The van der Waals surface area contributed by atoms with Crippen LogP contribution < -0.4 is 5.32 Å². The lowest BCUT2D eigenvalue weighted by Crippen LogP contribution is -2.18. The zero-order chi connectivity index (χ0) is 9.68. The molecule has 13 heavy (non-hydrogen) atoms. The van der Waals surface area contributed by atoms with E-state index < -0.39 is 0 Å². The van der Waals surface area contributed by atoms with Crippen LogP contribution >= 0.6 is 23.4 Å². The number of nitrogens with one attached hydrogen (secondary N) is 1. The van der Waals surface area contributed by atoms with Gasteiger partial charge in [0, 0.05) is 17.9 Å². The number of hydrogen-bond acceptors (Lipinski definition) is 4. The molecular formula is C8H12ClN3S. The lowest BCUT2D eigenvalue weighted by molar-refractivity contribution is 0.900. The molecule has 0 saturated carbocycles. The van der Waals surface area contributed by atoms with Crippen LogP contribution in [0.1, 0.15) is 6.92 Å². The Morgan fingerprint density at radius 2 is 2.38 bits per heavy atom. The fourth-order valence-electron chi connectivity index (χ4n) is 0.957. The van der Waals surface area contributed by atoms with Crippen molar-refractivity contribution in [1.29, 1.82) is 0 Å². The van der Waals surface area contributed by atoms with Gasteiger partial charge in [-0.1, -0.05) is 11.6 Å². The fraction of sp³-hybridized carbons (Fsp3) is 0.500. The topological polar surface area (TPSA) is 37.8 Å². The van der Waals surface area contributed by atoms with Gasteiger partial charge in [-0.25, -0.2) is 9.97 Å². The van der Waals surface area contributed by atoms with Gasteiger partial charge in [-0.2, -0.15) is 11.8 Å². The lowest BCUT2D eigenvalue weighted by Gasteiger charge is -2.12. The first-order valence-electron chi connectivity index (χ1n) is 3.95. The van der Waals surface area contributed by atoms with Crippen LogP contribution in [0, 0.1) is 0 Å². The summed E-state index contributed by atoms with van der Waals surface area (Å²) in [5, 5.41) is 3.69. The molecular weight excluding hydrogens is 206 g/mol. The molecule has 1 rings (SSSR count). The average molecular weight is 218 g/mol. The summed E-state index contributed by atoms with van der Waals surface area (Å²) < 4.78 is 0. The summed E-state index contributed by atoms with van der Waals surface area (Å²) in [6.07, 6.45) is 3.53. The Hall–Kier alpha value is -0.480. The Morgan fingerprint density at radius 3 is 3.00 bits per heavy atom. The highest BCUT2D eigenvalue weighted by molar-refractivity contribution is 7.98. The number of hydrogen-bond donors (Lipinski definition) is 1. The molecule has 0 radical (unpaired) electrons. The summed E-state index contributed by atoms with van der Waals surface area (Å²) in [7, 11) is 0. The van der Waals surface area contributed by atoms with Gasteiger partial charge in [-0.3, -0.25) is 0 Å². The average Bonchev–Trinajstić information content (AvgIpc) is 2.04. The van der Waals surface area contributed by atoms with Crippen LogP contribution in [0.25, 0.3) is 0 Å². The quantitative estimate of drug-likeness (QED) is 0.786. The Labute approximate surface area is 87.3 Å². The van der Waals surface area contributed by atoms with E-state index in [1.165, 1.54) is 6.33 Å². The van der Waals surface area contributed by atoms with Crippen LogP contribution in [0.15, 0.2) is 12.4 Å². The first-order chi connectivity index (χ1) is 6.22. The van der Waals surface area contributed by atoms with Crippen LogP contribution in [-0.2, 0) is 0 Å². The smallest absolute Gasteiger partial charge is 0.134 e. The standard InChI is InChI=1S/C8H12ClN3S/c1-6(4-13-2)12-8-3-7(9)10-5-11-8/h3,5-6H,4H2,1-2H3,(H,10,11,12). The second-order valence-electron chi connectivity index (χ2n) is 2.73. The Morgan fingerprint density at radius 1 is 1.62 bits per heavy atom. The number of aromatic nitrogens is 2. The molecule has 1 unspecified atom stereocenters. The van der Waals surface area contributed by atoms with Gasteiger partial charge in [0.15, 0.2) is 0 Å². The van der Waals surface area contributed by atoms with Crippen molar-refractivity contribution in [1.82, 2.24) is 9.97 Å². The highest BCUT2D eigenvalue weighted by Crippen LogP contribution is 2.10. The van der Waals surface area contributed by atoms with Crippen LogP contribution in [0.3, 0.4) is 0 Å². The number of thioether (sulfide) groups is 1. The predicted octanol–water partition coefficient (Wildman–Crippen LogP) is 2.29. The number of rotatable bonds is 4. The summed E-state index contributed by atoms with van der Waals surface area (Å²) in [6.45, 7) is 2.10. The number of nitrogens with zero attached hydrogens (tertiary/aromatic N) is 2. The molecule has 5 heteroatoms. The maximum atomic E-state index is 5.71. The minimum Gasteiger partial charge on any atom is -0.367 e. The Balaban J connectivity index is 2.53. The molecule has 1 heterocycles. The van der Waals surface area contributed by atoms with E-state index in [0.29, 0.717) is 11.2 Å². The molecule has 1 N–H and O–H groups in total. The Bertz CT molecular complexity index is 269. The van der Waals surface area contributed by atoms with Crippen molar-refractivity contribution >= 4 is 29.2 Å². The van der Waals surface area contributed by atoms with Crippen molar-refractivity contribution in [2.24, 2.45) is 0 Å². The molecule has 0 aromatic carbocycles. The summed E-state index contributed by atoms with van der Waals surface area (Å²) in [5.74, 6) is 1.82. The van der Waals surface area contributed by atoms with Crippen molar-refractivity contribution < 1.29 is 0 Å². The Kier molecular flexibility index (Phi) is 4.32. The molecule has 3 nitrogen and oxygen atoms in total. The van der Waals surface area contributed by atoms with E-state index in [1.54, 1.807) is 17.8 Å². The molecule has 0 bridgehead atoms. The van der Waals surface area contributed by atoms with Gasteiger partial charge in [0.2, 0.25) is 0 Å². The maximum Gasteiger partial charge on any atom is 0.134 e. The van der Waals surface area contributed by atoms with E-state index in [-0.39, 0.29) is 0 Å². The largest absolute Gasteiger partial charge is 0.367 e. The van der Waals surface area contributed by atoms with E-state index in [2.05, 4.69) is 28.5 Å². The number of anilines is 1. The van der Waals surface area contributed by atoms with Gasteiger partial charge >= 0.3 is 0 Å². The van der Waals surface area contributed by atoms with Crippen molar-refractivity contribution in [3.05, 3.63) is 17.5 Å². The van der Waals surface area contributed by atoms with Gasteiger partial charge in [0.05, 0.1) is 0 Å². The minimum atomic E-state index is 0.390. The number of halogens is 1. The summed E-state index contributed by atoms with van der Waals surface area (Å²) in [5.41, 5.74) is 0. The highest BCUT2D eigenvalue weighted by atomic mass is 35.5. The van der Waals surface area contributed by atoms with E-state index in [4.69, 9.17) is 11.6 Å². The van der Waals surface area contributed by atoms with Gasteiger partial charge in [-0.05, 0) is 13.2 Å². The monoisotopic (exact) mass is 217 g/mol. The molecule has 0 fully saturated rings. The summed E-state index contributed by atoms with van der Waals surface area (Å²) in [6, 6.07) is 2.11. The van der Waals surface area contributed by atoms with Crippen molar-refractivity contribution in [3.8, 4) is 0 Å². The molecule has 0 spiro atoms. The molecule has 0 aliphatic heterocycles. The fourth-order valence-corrected chi connectivity index (χ4v) is 1.69. The van der Waals surface area contributed by atoms with Crippen molar-refractivity contribution in [2.75, 3.05) is 17.3 Å². The van der Waals surface area contributed by atoms with E-state index in [1.807, 2.05) is 0 Å². The zero-order valence-electron chi connectivity index (χ0n) is 7.62. The normalized spacial score (nSPS) is 12.5. The third-order valence-corrected chi connectivity index (χ3v) is 2.48. The molecule has 0 aliphatic rings. The van der Waals surface area contributed by atoms with Crippen LogP contribution in [0.5, 0.6) is 0 Å². The molecule has 1 atom stereocenters. The molecule has 72 valence electrons. The minimum absolute atomic E-state index is 0.390. The summed E-state index contributed by atoms with van der Waals surface area (Å²) >= 11 is 7.50. The molecule has 1 aromatic heterocycles. The molecule has 0 saturated heterocycles. The first-order valence-corrected chi connectivity index (χ1v) is 5.72.